The molecule has 0 bridgehead atoms. The minimum Gasteiger partial charge on any atom is -0.507 e. The summed E-state index contributed by atoms with van der Waals surface area (Å²) in [6.07, 6.45) is 0.246. The molecule has 0 radical (unpaired) electrons. The number of hydrogen-bond donors (Lipinski definition) is 2. The SMILES string of the molecule is O=C(N/N=C\c1c(F)c(F)c(F)c(F)c1F)c1cc(Cl)ccc1O. The minimum atomic E-state index is -2.31. The van der Waals surface area contributed by atoms with Gasteiger partial charge in [0, 0.05) is 5.02 Å². The fourth-order valence-corrected chi connectivity index (χ4v) is 1.81. The van der Waals surface area contributed by atoms with Crippen molar-refractivity contribution >= 4 is 23.7 Å². The van der Waals surface area contributed by atoms with Crippen LogP contribution in [0.2, 0.25) is 5.02 Å². The first-order valence-electron chi connectivity index (χ1n) is 6.07. The molecule has 126 valence electrons. The van der Waals surface area contributed by atoms with Crippen molar-refractivity contribution in [3.05, 3.63) is 63.4 Å². The lowest BCUT2D eigenvalue weighted by Crippen LogP contribution is -2.18. The van der Waals surface area contributed by atoms with Gasteiger partial charge in [0.15, 0.2) is 23.3 Å². The first-order chi connectivity index (χ1) is 11.2. The molecular formula is C14H6ClF5N2O2. The second-order valence-corrected chi connectivity index (χ2v) is 4.78. The van der Waals surface area contributed by atoms with Crippen LogP contribution >= 0.6 is 11.6 Å². The molecule has 0 spiro atoms. The molecular weight excluding hydrogens is 359 g/mol. The maximum atomic E-state index is 13.4. The maximum absolute atomic E-state index is 13.4. The molecule has 1 amide bonds. The van der Waals surface area contributed by atoms with Crippen molar-refractivity contribution in [3.8, 4) is 5.75 Å². The van der Waals surface area contributed by atoms with E-state index in [2.05, 4.69) is 5.10 Å². The Morgan fingerprint density at radius 2 is 1.58 bits per heavy atom. The molecule has 0 fully saturated rings. The summed E-state index contributed by atoms with van der Waals surface area (Å²) in [5.41, 5.74) is 0.124. The molecule has 0 aliphatic rings. The average Bonchev–Trinajstić information content (AvgIpc) is 2.56. The number of nitrogens with zero attached hydrogens (tertiary/aromatic N) is 1. The third kappa shape index (κ3) is 3.30. The topological polar surface area (TPSA) is 61.7 Å². The standard InChI is InChI=1S/C14H6ClF5N2O2/c15-5-1-2-8(23)6(3-5)14(24)22-21-4-7-9(16)11(18)13(20)12(19)10(7)17/h1-4,23H,(H,22,24)/b21-4-. The summed E-state index contributed by atoms with van der Waals surface area (Å²) in [6.45, 7) is 0. The third-order valence-corrected chi connectivity index (χ3v) is 3.04. The lowest BCUT2D eigenvalue weighted by atomic mass is 10.2. The fourth-order valence-electron chi connectivity index (χ4n) is 1.64. The second-order valence-electron chi connectivity index (χ2n) is 4.34. The van der Waals surface area contributed by atoms with Crippen LogP contribution in [0.4, 0.5) is 22.0 Å². The van der Waals surface area contributed by atoms with Gasteiger partial charge in [0.05, 0.1) is 17.3 Å². The van der Waals surface area contributed by atoms with E-state index in [1.807, 2.05) is 0 Å². The first kappa shape index (κ1) is 17.7. The van der Waals surface area contributed by atoms with Crippen LogP contribution in [-0.2, 0) is 0 Å². The predicted octanol–water partition coefficient (Wildman–Crippen LogP) is 3.51. The van der Waals surface area contributed by atoms with Gasteiger partial charge in [-0.05, 0) is 18.2 Å². The van der Waals surface area contributed by atoms with Gasteiger partial charge in [0.25, 0.3) is 5.91 Å². The van der Waals surface area contributed by atoms with Crippen molar-refractivity contribution in [1.82, 2.24) is 5.43 Å². The summed E-state index contributed by atoms with van der Waals surface area (Å²) in [6, 6.07) is 3.50. The molecule has 0 atom stereocenters. The van der Waals surface area contributed by atoms with E-state index in [1.165, 1.54) is 6.07 Å². The maximum Gasteiger partial charge on any atom is 0.275 e. The summed E-state index contributed by atoms with van der Waals surface area (Å²) < 4.78 is 65.6. The molecule has 0 aromatic heterocycles. The van der Waals surface area contributed by atoms with E-state index in [9.17, 15) is 31.9 Å². The fraction of sp³-hybridized carbons (Fsp3) is 0. The summed E-state index contributed by atoms with van der Waals surface area (Å²) in [5, 5.41) is 12.7. The van der Waals surface area contributed by atoms with Crippen molar-refractivity contribution in [1.29, 1.82) is 0 Å². The zero-order chi connectivity index (χ0) is 18.0. The Hall–Kier alpha value is -2.68. The summed E-state index contributed by atoms with van der Waals surface area (Å²) in [5.74, 6) is -12.3. The Labute approximate surface area is 136 Å². The van der Waals surface area contributed by atoms with E-state index in [1.54, 1.807) is 5.43 Å². The van der Waals surface area contributed by atoms with E-state index in [0.29, 0.717) is 0 Å². The number of halogens is 6. The van der Waals surface area contributed by atoms with Crippen molar-refractivity contribution in [2.75, 3.05) is 0 Å². The van der Waals surface area contributed by atoms with Crippen LogP contribution in [0.3, 0.4) is 0 Å². The van der Waals surface area contributed by atoms with Crippen LogP contribution in [0.1, 0.15) is 15.9 Å². The van der Waals surface area contributed by atoms with Gasteiger partial charge in [-0.15, -0.1) is 0 Å². The van der Waals surface area contributed by atoms with E-state index in [-0.39, 0.29) is 16.8 Å². The minimum absolute atomic E-state index is 0.113. The number of carbonyl (C=O) groups excluding carboxylic acids is 1. The summed E-state index contributed by atoms with van der Waals surface area (Å²) in [7, 11) is 0. The number of phenolic OH excluding ortho intramolecular Hbond substituents is 1. The van der Waals surface area contributed by atoms with Gasteiger partial charge in [0.2, 0.25) is 5.82 Å². The Morgan fingerprint density at radius 3 is 2.17 bits per heavy atom. The average molecular weight is 365 g/mol. The number of aromatic hydroxyl groups is 1. The number of hydrazone groups is 1. The molecule has 0 heterocycles. The van der Waals surface area contributed by atoms with E-state index in [4.69, 9.17) is 11.6 Å². The zero-order valence-corrected chi connectivity index (χ0v) is 12.1. The normalized spacial score (nSPS) is 11.1. The van der Waals surface area contributed by atoms with Gasteiger partial charge < -0.3 is 5.11 Å². The number of phenols is 1. The van der Waals surface area contributed by atoms with Crippen molar-refractivity contribution in [3.63, 3.8) is 0 Å². The molecule has 2 aromatic carbocycles. The molecule has 2 rings (SSSR count). The van der Waals surface area contributed by atoms with Crippen molar-refractivity contribution in [2.24, 2.45) is 5.10 Å². The Kier molecular flexibility index (Phi) is 5.03. The van der Waals surface area contributed by atoms with Crippen LogP contribution in [0, 0.1) is 29.1 Å². The molecule has 2 N–H and O–H groups in total. The highest BCUT2D eigenvalue weighted by Gasteiger charge is 2.24. The monoisotopic (exact) mass is 364 g/mol. The van der Waals surface area contributed by atoms with Crippen LogP contribution in [0.15, 0.2) is 23.3 Å². The Morgan fingerprint density at radius 1 is 1.04 bits per heavy atom. The number of carbonyl (C=O) groups is 1. The molecule has 2 aromatic rings. The molecule has 4 nitrogen and oxygen atoms in total. The van der Waals surface area contributed by atoms with Crippen molar-refractivity contribution < 1.29 is 31.9 Å². The van der Waals surface area contributed by atoms with Gasteiger partial charge in [-0.25, -0.2) is 27.4 Å². The number of hydrogen-bond acceptors (Lipinski definition) is 3. The molecule has 0 saturated heterocycles. The first-order valence-corrected chi connectivity index (χ1v) is 6.45. The zero-order valence-electron chi connectivity index (χ0n) is 11.4. The quantitative estimate of drug-likeness (QED) is 0.288. The van der Waals surface area contributed by atoms with E-state index in [0.717, 1.165) is 12.1 Å². The van der Waals surface area contributed by atoms with Crippen molar-refractivity contribution in [2.45, 2.75) is 0 Å². The van der Waals surface area contributed by atoms with Gasteiger partial charge in [0.1, 0.15) is 5.75 Å². The molecule has 10 heteroatoms. The molecule has 24 heavy (non-hydrogen) atoms. The predicted molar refractivity (Wildman–Crippen MR) is 74.4 cm³/mol. The van der Waals surface area contributed by atoms with E-state index < -0.39 is 46.3 Å². The van der Waals surface area contributed by atoms with Crippen LogP contribution < -0.4 is 5.43 Å². The molecule has 0 aliphatic carbocycles. The van der Waals surface area contributed by atoms with Gasteiger partial charge in [-0.3, -0.25) is 4.79 Å². The molecule has 0 unspecified atom stereocenters. The lowest BCUT2D eigenvalue weighted by Gasteiger charge is -2.05. The highest BCUT2D eigenvalue weighted by atomic mass is 35.5. The highest BCUT2D eigenvalue weighted by Crippen LogP contribution is 2.22. The second kappa shape index (κ2) is 6.83. The Bertz CT molecular complexity index is 829. The van der Waals surface area contributed by atoms with Gasteiger partial charge >= 0.3 is 0 Å². The smallest absolute Gasteiger partial charge is 0.275 e. The number of rotatable bonds is 3. The summed E-state index contributed by atoms with van der Waals surface area (Å²) >= 11 is 5.63. The van der Waals surface area contributed by atoms with Crippen LogP contribution in [-0.4, -0.2) is 17.2 Å². The molecule has 0 saturated carbocycles. The van der Waals surface area contributed by atoms with Crippen LogP contribution in [0.5, 0.6) is 5.75 Å². The number of amides is 1. The Balaban J connectivity index is 2.27. The number of nitrogens with one attached hydrogen (secondary N) is 1. The third-order valence-electron chi connectivity index (χ3n) is 2.81. The highest BCUT2D eigenvalue weighted by molar-refractivity contribution is 6.31. The number of benzene rings is 2. The van der Waals surface area contributed by atoms with Gasteiger partial charge in [-0.1, -0.05) is 11.6 Å². The molecule has 0 aliphatic heterocycles. The largest absolute Gasteiger partial charge is 0.507 e. The van der Waals surface area contributed by atoms with E-state index >= 15 is 0 Å². The van der Waals surface area contributed by atoms with Gasteiger partial charge in [-0.2, -0.15) is 5.10 Å². The summed E-state index contributed by atoms with van der Waals surface area (Å²) in [4.78, 5) is 11.7. The lowest BCUT2D eigenvalue weighted by molar-refractivity contribution is 0.0952. The van der Waals surface area contributed by atoms with Crippen LogP contribution in [0.25, 0.3) is 0 Å².